The second-order valence-electron chi connectivity index (χ2n) is 3.49. The third-order valence-corrected chi connectivity index (χ3v) is 3.08. The average molecular weight is 259 g/mol. The lowest BCUT2D eigenvalue weighted by atomic mass is 9.97. The normalized spacial score (nSPS) is 15.8. The Labute approximate surface area is 96.6 Å². The van der Waals surface area contributed by atoms with Gasteiger partial charge in [-0.25, -0.2) is 0 Å². The molecule has 3 nitrogen and oxygen atoms in total. The fourth-order valence-electron chi connectivity index (χ4n) is 1.25. The van der Waals surface area contributed by atoms with Crippen molar-refractivity contribution in [1.29, 1.82) is 0 Å². The van der Waals surface area contributed by atoms with Crippen molar-refractivity contribution < 1.29 is 23.1 Å². The predicted octanol–water partition coefficient (Wildman–Crippen LogP) is 2.11. The number of carboxylic acids is 1. The molecule has 0 aliphatic heterocycles. The number of aliphatic carboxylic acids is 1. The quantitative estimate of drug-likeness (QED) is 0.735. The molecule has 0 aromatic heterocycles. The van der Waals surface area contributed by atoms with Crippen LogP contribution in [0.1, 0.15) is 19.8 Å². The van der Waals surface area contributed by atoms with Crippen LogP contribution >= 0.6 is 11.8 Å². The van der Waals surface area contributed by atoms with Crippen molar-refractivity contribution in [3.8, 4) is 0 Å². The molecule has 0 aliphatic carbocycles. The maximum Gasteiger partial charge on any atom is 0.392 e. The maximum absolute atomic E-state index is 12.4. The number of alkyl halides is 3. The summed E-state index contributed by atoms with van der Waals surface area (Å²) in [5.74, 6) is -2.10. The number of thioether (sulfide) groups is 1. The summed E-state index contributed by atoms with van der Waals surface area (Å²) in [5, 5.41) is 8.39. The number of nitrogens with two attached hydrogens (primary N) is 1. The van der Waals surface area contributed by atoms with Crippen molar-refractivity contribution >= 4 is 17.7 Å². The van der Waals surface area contributed by atoms with Crippen LogP contribution in [0.5, 0.6) is 0 Å². The van der Waals surface area contributed by atoms with Crippen LogP contribution in [0.2, 0.25) is 0 Å². The highest BCUT2D eigenvalue weighted by Gasteiger charge is 2.41. The molecule has 0 aromatic rings. The third kappa shape index (κ3) is 6.95. The van der Waals surface area contributed by atoms with Gasteiger partial charge in [0.15, 0.2) is 0 Å². The first kappa shape index (κ1) is 15.6. The molecule has 0 aromatic carbocycles. The van der Waals surface area contributed by atoms with Crippen molar-refractivity contribution in [3.05, 3.63) is 0 Å². The van der Waals surface area contributed by atoms with E-state index < -0.39 is 30.5 Å². The summed E-state index contributed by atoms with van der Waals surface area (Å²) in [6.45, 7) is 1.88. The van der Waals surface area contributed by atoms with Gasteiger partial charge in [0.25, 0.3) is 0 Å². The Morgan fingerprint density at radius 3 is 2.44 bits per heavy atom. The van der Waals surface area contributed by atoms with E-state index in [2.05, 4.69) is 0 Å². The Hall–Kier alpha value is -0.430. The second kappa shape index (κ2) is 7.01. The zero-order chi connectivity index (χ0) is 12.8. The summed E-state index contributed by atoms with van der Waals surface area (Å²) in [6, 6.07) is -0.615. The minimum Gasteiger partial charge on any atom is -0.481 e. The summed E-state index contributed by atoms with van der Waals surface area (Å²) < 4.78 is 37.3. The Morgan fingerprint density at radius 1 is 1.50 bits per heavy atom. The van der Waals surface area contributed by atoms with E-state index in [0.29, 0.717) is 5.75 Å². The zero-order valence-corrected chi connectivity index (χ0v) is 9.77. The van der Waals surface area contributed by atoms with Gasteiger partial charge in [0.1, 0.15) is 0 Å². The van der Waals surface area contributed by atoms with Gasteiger partial charge in [-0.3, -0.25) is 4.79 Å². The van der Waals surface area contributed by atoms with Gasteiger partial charge in [-0.05, 0) is 12.2 Å². The first-order valence-electron chi connectivity index (χ1n) is 4.89. The molecule has 0 fully saturated rings. The molecule has 0 bridgehead atoms. The van der Waals surface area contributed by atoms with Gasteiger partial charge in [-0.1, -0.05) is 6.92 Å². The molecule has 0 rings (SSSR count). The van der Waals surface area contributed by atoms with Crippen LogP contribution < -0.4 is 5.73 Å². The van der Waals surface area contributed by atoms with E-state index in [1.165, 1.54) is 11.8 Å². The number of hydrogen-bond acceptors (Lipinski definition) is 3. The van der Waals surface area contributed by atoms with E-state index in [1.807, 2.05) is 6.92 Å². The van der Waals surface area contributed by atoms with E-state index in [4.69, 9.17) is 10.8 Å². The highest BCUT2D eigenvalue weighted by atomic mass is 32.2. The second-order valence-corrected chi connectivity index (χ2v) is 4.81. The molecule has 0 heterocycles. The predicted molar refractivity (Wildman–Crippen MR) is 57.4 cm³/mol. The maximum atomic E-state index is 12.4. The Morgan fingerprint density at radius 2 is 2.06 bits per heavy atom. The number of rotatable bonds is 7. The van der Waals surface area contributed by atoms with E-state index in [0.717, 1.165) is 5.75 Å². The van der Waals surface area contributed by atoms with Crippen LogP contribution in [0.25, 0.3) is 0 Å². The Balaban J connectivity index is 4.26. The molecule has 96 valence electrons. The summed E-state index contributed by atoms with van der Waals surface area (Å²) in [5.41, 5.74) is 5.52. The van der Waals surface area contributed by atoms with Crippen LogP contribution in [0, 0.1) is 5.92 Å². The molecule has 2 atom stereocenters. The van der Waals surface area contributed by atoms with Gasteiger partial charge in [-0.15, -0.1) is 0 Å². The minimum absolute atomic E-state index is 0.331. The lowest BCUT2D eigenvalue weighted by molar-refractivity contribution is -0.185. The molecule has 3 N–H and O–H groups in total. The fourth-order valence-corrected chi connectivity index (χ4v) is 1.92. The largest absolute Gasteiger partial charge is 0.481 e. The SMILES string of the molecule is CCSC[C@H](N)C[C@H](CC(=O)O)C(F)(F)F. The first-order chi connectivity index (χ1) is 7.27. The Kier molecular flexibility index (Phi) is 6.82. The molecule has 0 unspecified atom stereocenters. The van der Waals surface area contributed by atoms with Crippen molar-refractivity contribution in [3.63, 3.8) is 0 Å². The summed E-state index contributed by atoms with van der Waals surface area (Å²) in [4.78, 5) is 10.3. The molecule has 0 radical (unpaired) electrons. The van der Waals surface area contributed by atoms with E-state index in [-0.39, 0.29) is 6.42 Å². The molecule has 16 heavy (non-hydrogen) atoms. The van der Waals surface area contributed by atoms with Gasteiger partial charge >= 0.3 is 12.1 Å². The van der Waals surface area contributed by atoms with Crippen molar-refractivity contribution in [1.82, 2.24) is 0 Å². The highest BCUT2D eigenvalue weighted by molar-refractivity contribution is 7.99. The monoisotopic (exact) mass is 259 g/mol. The number of carboxylic acid groups (broad SMARTS) is 1. The molecular weight excluding hydrogens is 243 g/mol. The van der Waals surface area contributed by atoms with Crippen molar-refractivity contribution in [2.75, 3.05) is 11.5 Å². The number of hydrogen-bond donors (Lipinski definition) is 2. The topological polar surface area (TPSA) is 63.3 Å². The molecular formula is C9H16F3NO2S. The van der Waals surface area contributed by atoms with Crippen LogP contribution in [0.4, 0.5) is 13.2 Å². The van der Waals surface area contributed by atoms with Crippen LogP contribution in [-0.4, -0.2) is 34.8 Å². The lowest BCUT2D eigenvalue weighted by Crippen LogP contribution is -2.34. The highest BCUT2D eigenvalue weighted by Crippen LogP contribution is 2.32. The van der Waals surface area contributed by atoms with Gasteiger partial charge in [0.2, 0.25) is 0 Å². The van der Waals surface area contributed by atoms with Crippen LogP contribution in [0.15, 0.2) is 0 Å². The third-order valence-electron chi connectivity index (χ3n) is 2.01. The first-order valence-corrected chi connectivity index (χ1v) is 6.04. The summed E-state index contributed by atoms with van der Waals surface area (Å²) >= 11 is 1.45. The standard InChI is InChI=1S/C9H16F3NO2S/c1-2-16-5-7(13)3-6(4-8(14)15)9(10,11)12/h6-7H,2-5,13H2,1H3,(H,14,15)/t6-,7-/m1/s1. The fraction of sp³-hybridized carbons (Fsp3) is 0.889. The molecule has 0 saturated carbocycles. The zero-order valence-electron chi connectivity index (χ0n) is 8.96. The van der Waals surface area contributed by atoms with Gasteiger partial charge in [-0.2, -0.15) is 24.9 Å². The summed E-state index contributed by atoms with van der Waals surface area (Å²) in [7, 11) is 0. The smallest absolute Gasteiger partial charge is 0.392 e. The van der Waals surface area contributed by atoms with Gasteiger partial charge in [0, 0.05) is 11.8 Å². The minimum atomic E-state index is -4.49. The van der Waals surface area contributed by atoms with Gasteiger partial charge < -0.3 is 10.8 Å². The van der Waals surface area contributed by atoms with Crippen LogP contribution in [0.3, 0.4) is 0 Å². The van der Waals surface area contributed by atoms with E-state index in [9.17, 15) is 18.0 Å². The molecule has 0 aliphatic rings. The Bertz CT molecular complexity index is 223. The summed E-state index contributed by atoms with van der Waals surface area (Å²) in [6.07, 6.45) is -5.73. The van der Waals surface area contributed by atoms with E-state index >= 15 is 0 Å². The van der Waals surface area contributed by atoms with Crippen molar-refractivity contribution in [2.24, 2.45) is 11.7 Å². The van der Waals surface area contributed by atoms with E-state index in [1.54, 1.807) is 0 Å². The number of carbonyl (C=O) groups is 1. The molecule has 7 heteroatoms. The molecule has 0 amide bonds. The average Bonchev–Trinajstić information content (AvgIpc) is 2.11. The van der Waals surface area contributed by atoms with Crippen LogP contribution in [-0.2, 0) is 4.79 Å². The van der Waals surface area contributed by atoms with Gasteiger partial charge in [0.05, 0.1) is 12.3 Å². The number of halogens is 3. The lowest BCUT2D eigenvalue weighted by Gasteiger charge is -2.21. The molecule has 0 saturated heterocycles. The van der Waals surface area contributed by atoms with Crippen molar-refractivity contribution in [2.45, 2.75) is 32.0 Å². The molecule has 0 spiro atoms.